The van der Waals surface area contributed by atoms with Crippen LogP contribution in [0.3, 0.4) is 0 Å². The predicted molar refractivity (Wildman–Crippen MR) is 87.9 cm³/mol. The van der Waals surface area contributed by atoms with E-state index in [-0.39, 0.29) is 11.3 Å². The van der Waals surface area contributed by atoms with Crippen LogP contribution < -0.4 is 4.90 Å². The number of nitrogens with zero attached hydrogens (tertiary/aromatic N) is 1. The van der Waals surface area contributed by atoms with E-state index in [1.54, 1.807) is 4.90 Å². The molecule has 0 spiro atoms. The van der Waals surface area contributed by atoms with E-state index in [2.05, 4.69) is 15.9 Å². The predicted octanol–water partition coefficient (Wildman–Crippen LogP) is 4.81. The Morgan fingerprint density at radius 2 is 1.95 bits per heavy atom. The molecule has 1 saturated heterocycles. The number of thioether (sulfide) groups is 1. The Bertz CT molecular complexity index is 753. The Kier molecular flexibility index (Phi) is 4.23. The normalized spacial score (nSPS) is 18.1. The lowest BCUT2D eigenvalue weighted by Gasteiger charge is -2.25. The maximum atomic E-state index is 13.5. The first-order chi connectivity index (χ1) is 10.5. The number of aryl methyl sites for hydroxylation is 1. The number of benzene rings is 2. The Morgan fingerprint density at radius 3 is 2.64 bits per heavy atom. The summed E-state index contributed by atoms with van der Waals surface area (Å²) in [5.74, 6) is -1.51. The summed E-state index contributed by atoms with van der Waals surface area (Å²) in [6.45, 7) is 1.94. The summed E-state index contributed by atoms with van der Waals surface area (Å²) in [7, 11) is 0. The van der Waals surface area contributed by atoms with Crippen LogP contribution in [0.4, 0.5) is 14.5 Å². The summed E-state index contributed by atoms with van der Waals surface area (Å²) < 4.78 is 27.6. The van der Waals surface area contributed by atoms with E-state index in [4.69, 9.17) is 0 Å². The van der Waals surface area contributed by atoms with Crippen molar-refractivity contribution in [3.63, 3.8) is 0 Å². The average Bonchev–Trinajstić information content (AvgIpc) is 2.87. The highest BCUT2D eigenvalue weighted by Crippen LogP contribution is 2.42. The first-order valence-electron chi connectivity index (χ1n) is 6.62. The Hall–Kier alpha value is -1.40. The average molecular weight is 384 g/mol. The van der Waals surface area contributed by atoms with Gasteiger partial charge in [-0.05, 0) is 48.4 Å². The highest BCUT2D eigenvalue weighted by Gasteiger charge is 2.34. The largest absolute Gasteiger partial charge is 0.295 e. The molecule has 1 heterocycles. The molecule has 1 atom stereocenters. The van der Waals surface area contributed by atoms with Gasteiger partial charge in [-0.3, -0.25) is 9.69 Å². The zero-order chi connectivity index (χ0) is 15.9. The fraction of sp³-hybridized carbons (Fsp3) is 0.188. The molecular formula is C16H12BrF2NOS. The van der Waals surface area contributed by atoms with E-state index in [1.807, 2.05) is 25.1 Å². The summed E-state index contributed by atoms with van der Waals surface area (Å²) >= 11 is 4.84. The van der Waals surface area contributed by atoms with E-state index in [1.165, 1.54) is 17.8 Å². The molecule has 2 nitrogen and oxygen atoms in total. The molecule has 114 valence electrons. The molecule has 0 saturated carbocycles. The van der Waals surface area contributed by atoms with Gasteiger partial charge in [0.15, 0.2) is 11.6 Å². The number of hydrogen-bond donors (Lipinski definition) is 0. The fourth-order valence-electron chi connectivity index (χ4n) is 2.39. The molecule has 1 amide bonds. The molecule has 6 heteroatoms. The molecule has 2 aromatic rings. The van der Waals surface area contributed by atoms with Crippen LogP contribution in [-0.4, -0.2) is 11.7 Å². The number of anilines is 1. The zero-order valence-corrected chi connectivity index (χ0v) is 14.0. The summed E-state index contributed by atoms with van der Waals surface area (Å²) in [6, 6.07) is 9.40. The molecular weight excluding hydrogens is 372 g/mol. The zero-order valence-electron chi connectivity index (χ0n) is 11.6. The van der Waals surface area contributed by atoms with Crippen LogP contribution in [0.2, 0.25) is 0 Å². The van der Waals surface area contributed by atoms with Crippen LogP contribution in [-0.2, 0) is 4.79 Å². The second-order valence-electron chi connectivity index (χ2n) is 5.03. The van der Waals surface area contributed by atoms with Crippen LogP contribution in [0.25, 0.3) is 0 Å². The monoisotopic (exact) mass is 383 g/mol. The molecule has 0 aliphatic carbocycles. The van der Waals surface area contributed by atoms with Gasteiger partial charge in [0.2, 0.25) is 5.91 Å². The third kappa shape index (κ3) is 2.77. The van der Waals surface area contributed by atoms with Crippen molar-refractivity contribution in [3.05, 3.63) is 63.6 Å². The number of carbonyl (C=O) groups is 1. The second-order valence-corrected chi connectivity index (χ2v) is 6.96. The minimum Gasteiger partial charge on any atom is -0.295 e. The van der Waals surface area contributed by atoms with Gasteiger partial charge >= 0.3 is 0 Å². The lowest BCUT2D eigenvalue weighted by atomic mass is 10.1. The van der Waals surface area contributed by atoms with E-state index >= 15 is 0 Å². The van der Waals surface area contributed by atoms with Crippen molar-refractivity contribution in [2.45, 2.75) is 12.3 Å². The van der Waals surface area contributed by atoms with Gasteiger partial charge in [-0.2, -0.15) is 0 Å². The van der Waals surface area contributed by atoms with Crippen LogP contribution >= 0.6 is 27.7 Å². The topological polar surface area (TPSA) is 20.3 Å². The maximum Gasteiger partial charge on any atom is 0.238 e. The van der Waals surface area contributed by atoms with Gasteiger partial charge in [0.1, 0.15) is 5.37 Å². The number of halogens is 3. The fourth-order valence-corrected chi connectivity index (χ4v) is 3.81. The molecule has 0 aromatic heterocycles. The van der Waals surface area contributed by atoms with Gasteiger partial charge in [-0.15, -0.1) is 11.8 Å². The van der Waals surface area contributed by atoms with Gasteiger partial charge in [0.05, 0.1) is 5.75 Å². The third-order valence-electron chi connectivity index (χ3n) is 3.52. The summed E-state index contributed by atoms with van der Waals surface area (Å²) in [5.41, 5.74) is 2.34. The lowest BCUT2D eigenvalue weighted by molar-refractivity contribution is -0.115. The molecule has 1 fully saturated rings. The first kappa shape index (κ1) is 15.5. The standard InChI is InChI=1S/C16H12BrF2NOS/c1-9-6-11(3-4-12(9)17)20-15(21)8-22-16(20)10-2-5-13(18)14(19)7-10/h2-7,16H,8H2,1H3/t16-/m1/s1. The summed E-state index contributed by atoms with van der Waals surface area (Å²) in [6.07, 6.45) is 0. The van der Waals surface area contributed by atoms with Crippen LogP contribution in [0.15, 0.2) is 40.9 Å². The molecule has 0 unspecified atom stereocenters. The van der Waals surface area contributed by atoms with E-state index < -0.39 is 11.6 Å². The molecule has 0 radical (unpaired) electrons. The number of rotatable bonds is 2. The van der Waals surface area contributed by atoms with Crippen molar-refractivity contribution in [2.75, 3.05) is 10.7 Å². The van der Waals surface area contributed by atoms with Crippen molar-refractivity contribution in [2.24, 2.45) is 0 Å². The Labute approximate surface area is 139 Å². The van der Waals surface area contributed by atoms with Crippen LogP contribution in [0.5, 0.6) is 0 Å². The van der Waals surface area contributed by atoms with Crippen LogP contribution in [0, 0.1) is 18.6 Å². The number of hydrogen-bond acceptors (Lipinski definition) is 2. The van der Waals surface area contributed by atoms with E-state index in [0.29, 0.717) is 11.3 Å². The second kappa shape index (κ2) is 6.01. The minimum atomic E-state index is -0.899. The van der Waals surface area contributed by atoms with Crippen molar-refractivity contribution in [1.29, 1.82) is 0 Å². The Balaban J connectivity index is 2.01. The number of carbonyl (C=O) groups excluding carboxylic acids is 1. The minimum absolute atomic E-state index is 0.0403. The maximum absolute atomic E-state index is 13.5. The van der Waals surface area contributed by atoms with Crippen molar-refractivity contribution < 1.29 is 13.6 Å². The van der Waals surface area contributed by atoms with Gasteiger partial charge in [0, 0.05) is 10.2 Å². The molecule has 1 aliphatic rings. The highest BCUT2D eigenvalue weighted by molar-refractivity contribution is 9.10. The van der Waals surface area contributed by atoms with E-state index in [9.17, 15) is 13.6 Å². The molecule has 2 aromatic carbocycles. The highest BCUT2D eigenvalue weighted by atomic mass is 79.9. The first-order valence-corrected chi connectivity index (χ1v) is 8.46. The molecule has 0 bridgehead atoms. The van der Waals surface area contributed by atoms with Gasteiger partial charge < -0.3 is 0 Å². The smallest absolute Gasteiger partial charge is 0.238 e. The third-order valence-corrected chi connectivity index (χ3v) is 5.62. The van der Waals surface area contributed by atoms with Gasteiger partial charge in [-0.1, -0.05) is 22.0 Å². The van der Waals surface area contributed by atoms with Crippen molar-refractivity contribution in [1.82, 2.24) is 0 Å². The van der Waals surface area contributed by atoms with Crippen molar-refractivity contribution >= 4 is 39.3 Å². The molecule has 1 aliphatic heterocycles. The lowest BCUT2D eigenvalue weighted by Crippen LogP contribution is -2.28. The van der Waals surface area contributed by atoms with Crippen molar-refractivity contribution in [3.8, 4) is 0 Å². The molecule has 22 heavy (non-hydrogen) atoms. The van der Waals surface area contributed by atoms with Crippen LogP contribution in [0.1, 0.15) is 16.5 Å². The summed E-state index contributed by atoms with van der Waals surface area (Å²) in [4.78, 5) is 13.9. The van der Waals surface area contributed by atoms with Gasteiger partial charge in [0.25, 0.3) is 0 Å². The summed E-state index contributed by atoms with van der Waals surface area (Å²) in [5, 5.41) is -0.344. The SMILES string of the molecule is Cc1cc(N2C(=O)CS[C@@H]2c2ccc(F)c(F)c2)ccc1Br. The quantitative estimate of drug-likeness (QED) is 0.741. The number of amides is 1. The Morgan fingerprint density at radius 1 is 1.18 bits per heavy atom. The van der Waals surface area contributed by atoms with Gasteiger partial charge in [-0.25, -0.2) is 8.78 Å². The molecule has 0 N–H and O–H groups in total. The van der Waals surface area contributed by atoms with E-state index in [0.717, 1.165) is 27.9 Å². The molecule has 3 rings (SSSR count).